The van der Waals surface area contributed by atoms with Gasteiger partial charge in [0, 0.05) is 0 Å². The number of hydrogen-bond acceptors (Lipinski definition) is 12. The molecule has 0 rings (SSSR count). The summed E-state index contributed by atoms with van der Waals surface area (Å²) in [5.74, 6) is 0. The molecule has 0 saturated carbocycles. The van der Waals surface area contributed by atoms with Gasteiger partial charge >= 0.3 is 43.8 Å². The first-order chi connectivity index (χ1) is 6.93. The minimum absolute atomic E-state index is 0. The van der Waals surface area contributed by atoms with Crippen LogP contribution in [0.15, 0.2) is 0 Å². The van der Waals surface area contributed by atoms with Crippen molar-refractivity contribution >= 4 is 0 Å². The summed E-state index contributed by atoms with van der Waals surface area (Å²) in [5.41, 5.74) is 0. The number of rotatable bonds is 0. The van der Waals surface area contributed by atoms with Crippen LogP contribution in [0.5, 0.6) is 0 Å². The Kier molecular flexibility index (Phi) is 58.9. The molecule has 0 aliphatic heterocycles. The molecule has 0 atom stereocenters. The summed E-state index contributed by atoms with van der Waals surface area (Å²) in [6.07, 6.45) is 0. The van der Waals surface area contributed by atoms with Crippen molar-refractivity contribution in [3.05, 3.63) is 61.3 Å². The Balaban J connectivity index is -0.0000000257. The SMILES string of the molecule is O=[N+]([O-])[O-].O=[N+]([O-])[O-].O=[N+]([O-])[O-].O=[N+]([O-])[O-].[Cd+2].[Ni+2]. The van der Waals surface area contributed by atoms with Crippen LogP contribution >= 0.6 is 0 Å². The molecule has 0 saturated heterocycles. The van der Waals surface area contributed by atoms with Crippen molar-refractivity contribution in [3.8, 4) is 0 Å². The van der Waals surface area contributed by atoms with E-state index < -0.39 is 20.3 Å². The monoisotopic (exact) mass is 420 g/mol. The van der Waals surface area contributed by atoms with E-state index in [2.05, 4.69) is 0 Å². The third-order valence-corrected chi connectivity index (χ3v) is 0. The van der Waals surface area contributed by atoms with E-state index in [0.29, 0.717) is 0 Å². The van der Waals surface area contributed by atoms with Gasteiger partial charge in [0.15, 0.2) is 0 Å². The van der Waals surface area contributed by atoms with Gasteiger partial charge in [-0.3, -0.25) is 0 Å². The van der Waals surface area contributed by atoms with Crippen molar-refractivity contribution in [2.45, 2.75) is 0 Å². The molecule has 0 bridgehead atoms. The van der Waals surface area contributed by atoms with Crippen LogP contribution < -0.4 is 0 Å². The molecule has 0 aromatic rings. The number of hydrogen-bond donors (Lipinski definition) is 0. The van der Waals surface area contributed by atoms with Gasteiger partial charge in [0.1, 0.15) is 0 Å². The van der Waals surface area contributed by atoms with Gasteiger partial charge in [-0.2, -0.15) is 0 Å². The molecule has 18 heteroatoms. The zero-order valence-corrected chi connectivity index (χ0v) is 12.7. The van der Waals surface area contributed by atoms with E-state index >= 15 is 0 Å². The van der Waals surface area contributed by atoms with Crippen LogP contribution in [-0.4, -0.2) is 20.3 Å². The molecule has 0 unspecified atom stereocenters. The van der Waals surface area contributed by atoms with Crippen LogP contribution in [0, 0.1) is 61.3 Å². The number of nitrogens with zero attached hydrogens (tertiary/aromatic N) is 4. The standard InChI is InChI=1S/Cd.4NO3.Ni/c;4*2-1(3)4;/q+2;4*-1;+2. The van der Waals surface area contributed by atoms with Crippen molar-refractivity contribution in [3.63, 3.8) is 0 Å². The van der Waals surface area contributed by atoms with Gasteiger partial charge in [0.05, 0.1) is 20.3 Å². The summed E-state index contributed by atoms with van der Waals surface area (Å²) in [4.78, 5) is 33.0. The zero-order valence-electron chi connectivity index (χ0n) is 7.71. The average molecular weight is 419 g/mol. The molecular formula is CdN4NiO12. The maximum atomic E-state index is 8.25. The first kappa shape index (κ1) is 36.0. The fourth-order valence-corrected chi connectivity index (χ4v) is 0. The minimum atomic E-state index is -1.75. The molecule has 16 nitrogen and oxygen atoms in total. The Morgan fingerprint density at radius 2 is 0.444 bits per heavy atom. The third kappa shape index (κ3) is 780. The van der Waals surface area contributed by atoms with Crippen LogP contribution in [0.4, 0.5) is 0 Å². The Labute approximate surface area is 125 Å². The van der Waals surface area contributed by atoms with Gasteiger partial charge in [-0.25, -0.2) is 0 Å². The van der Waals surface area contributed by atoms with Crippen molar-refractivity contribution in [2.24, 2.45) is 0 Å². The minimum Gasteiger partial charge on any atom is -0.356 e. The Bertz CT molecular complexity index is 164. The van der Waals surface area contributed by atoms with E-state index in [1.807, 2.05) is 0 Å². The molecule has 0 aromatic carbocycles. The molecule has 0 aliphatic rings. The van der Waals surface area contributed by atoms with Gasteiger partial charge in [-0.15, -0.1) is 0 Å². The molecular weight excluding hydrogens is 419 g/mol. The van der Waals surface area contributed by atoms with Gasteiger partial charge in [-0.1, -0.05) is 0 Å². The summed E-state index contributed by atoms with van der Waals surface area (Å²) in [5, 5.41) is 59.0. The molecule has 0 N–H and O–H groups in total. The predicted octanol–water partition coefficient (Wildman–Crippen LogP) is -0.961. The quantitative estimate of drug-likeness (QED) is 0.261. The first-order valence-electron chi connectivity index (χ1n) is 2.19. The second-order valence-electron chi connectivity index (χ2n) is 0.894. The molecule has 0 amide bonds. The van der Waals surface area contributed by atoms with Crippen LogP contribution in [-0.2, 0) is 43.8 Å². The summed E-state index contributed by atoms with van der Waals surface area (Å²) in [6.45, 7) is 0. The van der Waals surface area contributed by atoms with Crippen molar-refractivity contribution in [2.75, 3.05) is 0 Å². The normalized spacial score (nSPS) is 5.33. The largest absolute Gasteiger partial charge is 2.00 e. The van der Waals surface area contributed by atoms with Gasteiger partial charge < -0.3 is 61.3 Å². The maximum Gasteiger partial charge on any atom is 2.00 e. The molecule has 0 radical (unpaired) electrons. The Morgan fingerprint density at radius 3 is 0.444 bits per heavy atom. The second-order valence-corrected chi connectivity index (χ2v) is 0.894. The smallest absolute Gasteiger partial charge is 0.356 e. The van der Waals surface area contributed by atoms with E-state index in [9.17, 15) is 0 Å². The summed E-state index contributed by atoms with van der Waals surface area (Å²) in [6, 6.07) is 0. The van der Waals surface area contributed by atoms with Crippen LogP contribution in [0.2, 0.25) is 0 Å². The van der Waals surface area contributed by atoms with Crippen molar-refractivity contribution in [1.82, 2.24) is 0 Å². The first-order valence-corrected chi connectivity index (χ1v) is 2.19. The van der Waals surface area contributed by atoms with Crippen LogP contribution in [0.1, 0.15) is 0 Å². The molecule has 0 aromatic heterocycles. The van der Waals surface area contributed by atoms with Crippen molar-refractivity contribution in [1.29, 1.82) is 0 Å². The molecule has 0 aliphatic carbocycles. The van der Waals surface area contributed by atoms with Crippen LogP contribution in [0.25, 0.3) is 0 Å². The third-order valence-electron chi connectivity index (χ3n) is 0. The maximum absolute atomic E-state index is 8.25. The van der Waals surface area contributed by atoms with E-state index in [0.717, 1.165) is 0 Å². The van der Waals surface area contributed by atoms with E-state index in [1.54, 1.807) is 0 Å². The molecule has 104 valence electrons. The summed E-state index contributed by atoms with van der Waals surface area (Å²) in [7, 11) is 0. The predicted molar refractivity (Wildman–Crippen MR) is 41.4 cm³/mol. The Morgan fingerprint density at radius 1 is 0.444 bits per heavy atom. The van der Waals surface area contributed by atoms with Crippen LogP contribution in [0.3, 0.4) is 0 Å². The zero-order chi connectivity index (χ0) is 14.3. The fourth-order valence-electron chi connectivity index (χ4n) is 0. The molecule has 0 spiro atoms. The molecule has 18 heavy (non-hydrogen) atoms. The van der Waals surface area contributed by atoms with E-state index in [4.69, 9.17) is 61.3 Å². The summed E-state index contributed by atoms with van der Waals surface area (Å²) >= 11 is 0. The Hall–Kier alpha value is -1.78. The van der Waals surface area contributed by atoms with Gasteiger partial charge in [-0.05, 0) is 0 Å². The van der Waals surface area contributed by atoms with E-state index in [1.165, 1.54) is 0 Å². The van der Waals surface area contributed by atoms with E-state index in [-0.39, 0.29) is 43.8 Å². The second kappa shape index (κ2) is 29.5. The van der Waals surface area contributed by atoms with Gasteiger partial charge in [0.25, 0.3) is 0 Å². The molecule has 0 fully saturated rings. The van der Waals surface area contributed by atoms with Gasteiger partial charge in [0.2, 0.25) is 0 Å². The molecule has 0 heterocycles. The fraction of sp³-hybridized carbons (Fsp3) is 0. The van der Waals surface area contributed by atoms with Crippen molar-refractivity contribution < 1.29 is 64.1 Å². The average Bonchev–Trinajstić information content (AvgIpc) is 1.76. The topological polar surface area (TPSA) is 265 Å². The summed E-state index contributed by atoms with van der Waals surface area (Å²) < 4.78 is 0.